The second-order valence-corrected chi connectivity index (χ2v) is 5.75. The predicted octanol–water partition coefficient (Wildman–Crippen LogP) is 6.29. The van der Waals surface area contributed by atoms with Crippen LogP contribution in [0.25, 0.3) is 27.6 Å². The summed E-state index contributed by atoms with van der Waals surface area (Å²) in [5.74, 6) is 0. The molecule has 0 amide bonds. The molecule has 0 spiro atoms. The van der Waals surface area contributed by atoms with Gasteiger partial charge in [0.25, 0.3) is 0 Å². The van der Waals surface area contributed by atoms with Gasteiger partial charge in [-0.25, -0.2) is 0 Å². The Morgan fingerprint density at radius 1 is 1.04 bits per heavy atom. The van der Waals surface area contributed by atoms with Crippen LogP contribution in [0, 0.1) is 6.92 Å². The first-order valence-electron chi connectivity index (χ1n) is 7.84. The van der Waals surface area contributed by atoms with E-state index in [1.807, 2.05) is 12.2 Å². The van der Waals surface area contributed by atoms with Gasteiger partial charge in [0, 0.05) is 22.7 Å². The Bertz CT molecular complexity index is 889. The smallest absolute Gasteiger partial charge is 0.0490 e. The van der Waals surface area contributed by atoms with E-state index in [2.05, 4.69) is 80.1 Å². The van der Waals surface area contributed by atoms with Crippen LogP contribution in [0.2, 0.25) is 0 Å². The Labute approximate surface area is 137 Å². The second kappa shape index (κ2) is 6.53. The number of hydrogen-bond acceptors (Lipinski definition) is 0. The molecule has 3 rings (SSSR count). The van der Waals surface area contributed by atoms with Crippen molar-refractivity contribution in [2.75, 3.05) is 0 Å². The normalized spacial score (nSPS) is 12.2. The fourth-order valence-electron chi connectivity index (χ4n) is 2.83. The summed E-state index contributed by atoms with van der Waals surface area (Å²) in [7, 11) is 0. The van der Waals surface area contributed by atoms with Crippen LogP contribution in [0.5, 0.6) is 0 Å². The monoisotopic (exact) mass is 299 g/mol. The third kappa shape index (κ3) is 3.04. The van der Waals surface area contributed by atoms with Gasteiger partial charge in [0.05, 0.1) is 0 Å². The first kappa shape index (κ1) is 15.1. The summed E-state index contributed by atoms with van der Waals surface area (Å²) in [4.78, 5) is 3.40. The first-order chi connectivity index (χ1) is 11.2. The van der Waals surface area contributed by atoms with Crippen molar-refractivity contribution >= 4 is 16.5 Å². The fraction of sp³-hybridized carbons (Fsp3) is 0.0909. The van der Waals surface area contributed by atoms with Crippen molar-refractivity contribution in [3.05, 3.63) is 90.7 Å². The van der Waals surface area contributed by atoms with Gasteiger partial charge in [-0.15, -0.1) is 0 Å². The summed E-state index contributed by atoms with van der Waals surface area (Å²) >= 11 is 0. The molecule has 1 nitrogen and oxygen atoms in total. The van der Waals surface area contributed by atoms with E-state index in [1.165, 1.54) is 38.7 Å². The van der Waals surface area contributed by atoms with Crippen LogP contribution in [0.1, 0.15) is 18.1 Å². The molecule has 0 bridgehead atoms. The number of rotatable bonds is 4. The van der Waals surface area contributed by atoms with Gasteiger partial charge in [0.15, 0.2) is 0 Å². The first-order valence-corrected chi connectivity index (χ1v) is 7.84. The van der Waals surface area contributed by atoms with Gasteiger partial charge in [0.1, 0.15) is 0 Å². The lowest BCUT2D eigenvalue weighted by Crippen LogP contribution is -1.81. The van der Waals surface area contributed by atoms with E-state index in [0.29, 0.717) is 0 Å². The zero-order valence-electron chi connectivity index (χ0n) is 13.6. The number of allylic oxidation sites excluding steroid dienone is 5. The molecule has 1 heterocycles. The molecule has 2 aromatic carbocycles. The van der Waals surface area contributed by atoms with Crippen LogP contribution in [-0.4, -0.2) is 4.98 Å². The molecule has 0 radical (unpaired) electrons. The van der Waals surface area contributed by atoms with Gasteiger partial charge in [0.2, 0.25) is 0 Å². The van der Waals surface area contributed by atoms with Crippen molar-refractivity contribution in [3.8, 4) is 11.1 Å². The number of aromatic nitrogens is 1. The van der Waals surface area contributed by atoms with Crippen molar-refractivity contribution in [2.24, 2.45) is 0 Å². The molecule has 1 heteroatoms. The molecule has 114 valence electrons. The molecule has 0 aliphatic heterocycles. The molecule has 0 saturated heterocycles. The molecule has 0 atom stereocenters. The predicted molar refractivity (Wildman–Crippen MR) is 101 cm³/mol. The highest BCUT2D eigenvalue weighted by Gasteiger charge is 2.07. The summed E-state index contributed by atoms with van der Waals surface area (Å²) in [5.41, 5.74) is 7.46. The molecule has 0 aliphatic rings. The lowest BCUT2D eigenvalue weighted by atomic mass is 10.00. The van der Waals surface area contributed by atoms with E-state index in [0.717, 1.165) is 0 Å². The minimum atomic E-state index is 1.22. The zero-order chi connectivity index (χ0) is 16.2. The minimum absolute atomic E-state index is 1.22. The molecule has 1 aromatic heterocycles. The van der Waals surface area contributed by atoms with Gasteiger partial charge in [-0.3, -0.25) is 0 Å². The van der Waals surface area contributed by atoms with Crippen molar-refractivity contribution in [2.45, 2.75) is 13.8 Å². The number of aryl methyl sites for hydroxylation is 1. The number of hydrogen-bond donors (Lipinski definition) is 1. The second-order valence-electron chi connectivity index (χ2n) is 5.75. The van der Waals surface area contributed by atoms with Crippen LogP contribution >= 0.6 is 0 Å². The Hall–Kier alpha value is -2.80. The number of aromatic amines is 1. The number of nitrogens with one attached hydrogen (secondary N) is 1. The number of para-hydroxylation sites is 1. The zero-order valence-corrected chi connectivity index (χ0v) is 13.6. The van der Waals surface area contributed by atoms with Gasteiger partial charge in [-0.2, -0.15) is 0 Å². The fourth-order valence-corrected chi connectivity index (χ4v) is 2.83. The molecule has 1 N–H and O–H groups in total. The molecule has 3 aromatic rings. The Morgan fingerprint density at radius 2 is 1.83 bits per heavy atom. The Morgan fingerprint density at radius 3 is 2.57 bits per heavy atom. The summed E-state index contributed by atoms with van der Waals surface area (Å²) in [5, 5.41) is 1.28. The Balaban J connectivity index is 1.95. The highest BCUT2D eigenvalue weighted by Crippen LogP contribution is 2.30. The van der Waals surface area contributed by atoms with Crippen molar-refractivity contribution in [3.63, 3.8) is 0 Å². The Kier molecular flexibility index (Phi) is 4.29. The van der Waals surface area contributed by atoms with Crippen LogP contribution in [0.3, 0.4) is 0 Å². The number of H-pyrrole nitrogens is 1. The maximum atomic E-state index is 3.68. The van der Waals surface area contributed by atoms with Crippen LogP contribution < -0.4 is 0 Å². The molecule has 0 aliphatic carbocycles. The van der Waals surface area contributed by atoms with Gasteiger partial charge < -0.3 is 4.98 Å². The van der Waals surface area contributed by atoms with Crippen molar-refractivity contribution in [1.29, 1.82) is 0 Å². The average Bonchev–Trinajstić information content (AvgIpc) is 3.00. The number of benzene rings is 2. The largest absolute Gasteiger partial charge is 0.360 e. The molecule has 0 unspecified atom stereocenters. The van der Waals surface area contributed by atoms with Crippen molar-refractivity contribution in [1.82, 2.24) is 4.98 Å². The van der Waals surface area contributed by atoms with E-state index in [-0.39, 0.29) is 0 Å². The molecule has 0 saturated carbocycles. The van der Waals surface area contributed by atoms with Crippen LogP contribution in [0.15, 0.2) is 79.5 Å². The van der Waals surface area contributed by atoms with Crippen molar-refractivity contribution < 1.29 is 0 Å². The summed E-state index contributed by atoms with van der Waals surface area (Å²) < 4.78 is 0. The number of fused-ring (bicyclic) bond motifs is 1. The highest BCUT2D eigenvalue weighted by molar-refractivity contribution is 5.97. The SMILES string of the molecule is C=C/C=C\C=C(/C)c1ccc(-c2c[nH]c3c(C)cccc23)cc1. The topological polar surface area (TPSA) is 15.8 Å². The summed E-state index contributed by atoms with van der Waals surface area (Å²) in [6.07, 6.45) is 9.94. The maximum absolute atomic E-state index is 3.68. The minimum Gasteiger partial charge on any atom is -0.360 e. The standard InChI is InChI=1S/C22H21N/c1-4-5-6-8-16(2)18-11-13-19(14-12-18)21-15-23-22-17(3)9-7-10-20(21)22/h4-15,23H,1H2,2-3H3/b6-5-,16-8+. The molecular formula is C22H21N. The van der Waals surface area contributed by atoms with E-state index < -0.39 is 0 Å². The van der Waals surface area contributed by atoms with E-state index in [4.69, 9.17) is 0 Å². The molecule has 23 heavy (non-hydrogen) atoms. The third-order valence-corrected chi connectivity index (χ3v) is 4.17. The van der Waals surface area contributed by atoms with Gasteiger partial charge in [-0.05, 0) is 36.1 Å². The van der Waals surface area contributed by atoms with Gasteiger partial charge in [-0.1, -0.05) is 73.3 Å². The van der Waals surface area contributed by atoms with E-state index in [1.54, 1.807) is 6.08 Å². The maximum Gasteiger partial charge on any atom is 0.0490 e. The quantitative estimate of drug-likeness (QED) is 0.545. The summed E-state index contributed by atoms with van der Waals surface area (Å²) in [6.45, 7) is 7.94. The highest BCUT2D eigenvalue weighted by atomic mass is 14.7. The lowest BCUT2D eigenvalue weighted by molar-refractivity contribution is 1.42. The molecular weight excluding hydrogens is 278 g/mol. The molecule has 0 fully saturated rings. The van der Waals surface area contributed by atoms with E-state index >= 15 is 0 Å². The van der Waals surface area contributed by atoms with Crippen LogP contribution in [-0.2, 0) is 0 Å². The average molecular weight is 299 g/mol. The van der Waals surface area contributed by atoms with Crippen LogP contribution in [0.4, 0.5) is 0 Å². The summed E-state index contributed by atoms with van der Waals surface area (Å²) in [6, 6.07) is 15.2. The van der Waals surface area contributed by atoms with Gasteiger partial charge >= 0.3 is 0 Å². The third-order valence-electron chi connectivity index (χ3n) is 4.17. The van der Waals surface area contributed by atoms with E-state index in [9.17, 15) is 0 Å². The lowest BCUT2D eigenvalue weighted by Gasteiger charge is -2.04.